The van der Waals surface area contributed by atoms with Crippen LogP contribution in [0.3, 0.4) is 0 Å². The van der Waals surface area contributed by atoms with E-state index in [4.69, 9.17) is 9.84 Å². The molecule has 1 heterocycles. The lowest BCUT2D eigenvalue weighted by atomic mass is 10.0. The lowest BCUT2D eigenvalue weighted by Gasteiger charge is -2.05. The maximum absolute atomic E-state index is 14.2. The topological polar surface area (TPSA) is 101 Å². The molecule has 1 aromatic heterocycles. The summed E-state index contributed by atoms with van der Waals surface area (Å²) in [5, 5.41) is 15.3. The number of anilines is 1. The number of carbonyl (C=O) groups is 2. The molecule has 3 aromatic rings. The van der Waals surface area contributed by atoms with Gasteiger partial charge in [-0.3, -0.25) is 10.2 Å². The van der Waals surface area contributed by atoms with Gasteiger partial charge in [0.25, 0.3) is 0 Å². The van der Waals surface area contributed by atoms with Gasteiger partial charge in [-0.15, -0.1) is 11.3 Å². The number of nitrogens with zero attached hydrogens (tertiary/aromatic N) is 2. The van der Waals surface area contributed by atoms with E-state index in [0.717, 1.165) is 11.6 Å². The Morgan fingerprint density at radius 1 is 1.27 bits per heavy atom. The first kappa shape index (κ1) is 21.1. The monoisotopic (exact) mass is 427 g/mol. The number of hydrogen-bond acceptors (Lipinski definition) is 7. The summed E-state index contributed by atoms with van der Waals surface area (Å²) in [6.45, 7) is 2.08. The molecule has 0 radical (unpaired) electrons. The number of carboxylic acids is 1. The summed E-state index contributed by atoms with van der Waals surface area (Å²) in [4.78, 5) is 26.6. The van der Waals surface area contributed by atoms with Crippen molar-refractivity contribution in [3.63, 3.8) is 0 Å². The average Bonchev–Trinajstić information content (AvgIpc) is 3.15. The molecule has 0 bridgehead atoms. The summed E-state index contributed by atoms with van der Waals surface area (Å²) in [7, 11) is 0. The van der Waals surface area contributed by atoms with Crippen LogP contribution in [-0.2, 0) is 16.0 Å². The molecule has 3 rings (SSSR count). The van der Waals surface area contributed by atoms with Crippen molar-refractivity contribution in [2.75, 3.05) is 12.0 Å². The fraction of sp³-hybridized carbons (Fsp3) is 0.143. The number of thiazole rings is 1. The fourth-order valence-corrected chi connectivity index (χ4v) is 3.25. The molecule has 2 N–H and O–H groups in total. The molecular weight excluding hydrogens is 409 g/mol. The Morgan fingerprint density at radius 2 is 2.03 bits per heavy atom. The summed E-state index contributed by atoms with van der Waals surface area (Å²) in [6, 6.07) is 10.8. The lowest BCUT2D eigenvalue weighted by Crippen LogP contribution is -2.07. The number of hydrazone groups is 1. The molecule has 154 valence electrons. The quantitative estimate of drug-likeness (QED) is 0.317. The van der Waals surface area contributed by atoms with Crippen molar-refractivity contribution in [3.05, 3.63) is 70.5 Å². The van der Waals surface area contributed by atoms with Crippen molar-refractivity contribution < 1.29 is 23.8 Å². The first-order valence-corrected chi connectivity index (χ1v) is 9.86. The van der Waals surface area contributed by atoms with Crippen molar-refractivity contribution in [2.45, 2.75) is 13.3 Å². The van der Waals surface area contributed by atoms with E-state index in [2.05, 4.69) is 15.5 Å². The molecular formula is C21H18FN3O4S. The number of nitrogens with one attached hydrogen (secondary N) is 1. The molecule has 0 aliphatic heterocycles. The van der Waals surface area contributed by atoms with E-state index in [0.29, 0.717) is 28.6 Å². The minimum Gasteiger partial charge on any atom is -0.478 e. The van der Waals surface area contributed by atoms with E-state index in [1.807, 2.05) is 0 Å². The van der Waals surface area contributed by atoms with Gasteiger partial charge in [0.15, 0.2) is 0 Å². The SMILES string of the molecule is CCOC(=O)Cc1csc(NN=Cc2ccc(-c3ccc(C(=O)O)cc3F)cc2)n1. The number of carbonyl (C=O) groups excluding carboxylic acids is 1. The van der Waals surface area contributed by atoms with Crippen LogP contribution in [0.4, 0.5) is 9.52 Å². The number of ether oxygens (including phenoxy) is 1. The van der Waals surface area contributed by atoms with Gasteiger partial charge >= 0.3 is 11.9 Å². The second-order valence-electron chi connectivity index (χ2n) is 6.12. The number of aromatic carboxylic acids is 1. The summed E-state index contributed by atoms with van der Waals surface area (Å²) >= 11 is 1.32. The molecule has 0 saturated carbocycles. The van der Waals surface area contributed by atoms with Crippen molar-refractivity contribution >= 4 is 34.6 Å². The molecule has 30 heavy (non-hydrogen) atoms. The number of benzene rings is 2. The van der Waals surface area contributed by atoms with E-state index in [1.165, 1.54) is 23.5 Å². The van der Waals surface area contributed by atoms with Crippen LogP contribution in [0.15, 0.2) is 52.9 Å². The standard InChI is InChI=1S/C21H18FN3O4S/c1-2-29-19(26)10-16-12-30-21(24-16)25-23-11-13-3-5-14(6-4-13)17-8-7-15(20(27)28)9-18(17)22/h3-9,11-12H,2,10H2,1H3,(H,24,25)(H,27,28). The third-order valence-corrected chi connectivity index (χ3v) is 4.79. The van der Waals surface area contributed by atoms with Crippen LogP contribution >= 0.6 is 11.3 Å². The lowest BCUT2D eigenvalue weighted by molar-refractivity contribution is -0.142. The first-order chi connectivity index (χ1) is 14.5. The van der Waals surface area contributed by atoms with Gasteiger partial charge in [-0.2, -0.15) is 5.10 Å². The van der Waals surface area contributed by atoms with Gasteiger partial charge in [0.05, 0.1) is 30.5 Å². The maximum atomic E-state index is 14.2. The van der Waals surface area contributed by atoms with Gasteiger partial charge in [0, 0.05) is 10.9 Å². The minimum absolute atomic E-state index is 0.0984. The van der Waals surface area contributed by atoms with Gasteiger partial charge in [0.1, 0.15) is 5.82 Å². The Morgan fingerprint density at radius 3 is 2.70 bits per heavy atom. The van der Waals surface area contributed by atoms with Gasteiger partial charge in [0.2, 0.25) is 5.13 Å². The summed E-state index contributed by atoms with van der Waals surface area (Å²) in [5.74, 6) is -2.10. The number of carboxylic acid groups (broad SMARTS) is 1. The zero-order valence-corrected chi connectivity index (χ0v) is 16.8. The maximum Gasteiger partial charge on any atom is 0.335 e. The normalized spacial score (nSPS) is 10.9. The molecule has 0 atom stereocenters. The number of esters is 1. The number of rotatable bonds is 8. The second-order valence-corrected chi connectivity index (χ2v) is 6.98. The van der Waals surface area contributed by atoms with Crippen LogP contribution in [0.1, 0.15) is 28.5 Å². The average molecular weight is 427 g/mol. The minimum atomic E-state index is -1.17. The van der Waals surface area contributed by atoms with Crippen LogP contribution in [0.5, 0.6) is 0 Å². The third-order valence-electron chi connectivity index (χ3n) is 3.99. The molecule has 0 amide bonds. The summed E-state index contributed by atoms with van der Waals surface area (Å²) in [5.41, 5.74) is 5.03. The van der Waals surface area contributed by atoms with E-state index in [9.17, 15) is 14.0 Å². The largest absolute Gasteiger partial charge is 0.478 e. The molecule has 0 aliphatic carbocycles. The van der Waals surface area contributed by atoms with Crippen LogP contribution in [0.25, 0.3) is 11.1 Å². The Balaban J connectivity index is 1.61. The van der Waals surface area contributed by atoms with E-state index in [1.54, 1.807) is 42.8 Å². The molecule has 2 aromatic carbocycles. The number of aromatic nitrogens is 1. The van der Waals surface area contributed by atoms with Crippen molar-refractivity contribution in [3.8, 4) is 11.1 Å². The highest BCUT2D eigenvalue weighted by atomic mass is 32.1. The highest BCUT2D eigenvalue weighted by Gasteiger charge is 2.10. The Kier molecular flexibility index (Phi) is 6.87. The van der Waals surface area contributed by atoms with E-state index < -0.39 is 11.8 Å². The van der Waals surface area contributed by atoms with Crippen LogP contribution < -0.4 is 5.43 Å². The predicted octanol–water partition coefficient (Wildman–Crippen LogP) is 4.20. The van der Waals surface area contributed by atoms with Crippen molar-refractivity contribution in [1.82, 2.24) is 4.98 Å². The van der Waals surface area contributed by atoms with Gasteiger partial charge in [-0.25, -0.2) is 14.2 Å². The van der Waals surface area contributed by atoms with Crippen LogP contribution in [0.2, 0.25) is 0 Å². The Hall–Kier alpha value is -3.59. The Labute approximate surface area is 175 Å². The summed E-state index contributed by atoms with van der Waals surface area (Å²) in [6.07, 6.45) is 1.70. The van der Waals surface area contributed by atoms with Gasteiger partial charge in [-0.1, -0.05) is 30.3 Å². The highest BCUT2D eigenvalue weighted by molar-refractivity contribution is 7.13. The molecule has 9 heteroatoms. The molecule has 0 fully saturated rings. The molecule has 0 unspecified atom stereocenters. The van der Waals surface area contributed by atoms with Crippen molar-refractivity contribution in [2.24, 2.45) is 5.10 Å². The zero-order valence-electron chi connectivity index (χ0n) is 16.0. The first-order valence-electron chi connectivity index (χ1n) is 8.98. The van der Waals surface area contributed by atoms with E-state index >= 15 is 0 Å². The van der Waals surface area contributed by atoms with Crippen molar-refractivity contribution in [1.29, 1.82) is 0 Å². The number of halogens is 1. The molecule has 0 saturated heterocycles. The highest BCUT2D eigenvalue weighted by Crippen LogP contribution is 2.24. The van der Waals surface area contributed by atoms with E-state index in [-0.39, 0.29) is 18.0 Å². The second kappa shape index (κ2) is 9.75. The Bertz CT molecular complexity index is 1080. The van der Waals surface area contributed by atoms with Gasteiger partial charge in [-0.05, 0) is 30.2 Å². The predicted molar refractivity (Wildman–Crippen MR) is 112 cm³/mol. The molecule has 7 nitrogen and oxygen atoms in total. The zero-order chi connectivity index (χ0) is 21.5. The fourth-order valence-electron chi connectivity index (χ4n) is 2.59. The van der Waals surface area contributed by atoms with Crippen LogP contribution in [0, 0.1) is 5.82 Å². The number of hydrogen-bond donors (Lipinski definition) is 2. The van der Waals surface area contributed by atoms with Gasteiger partial charge < -0.3 is 9.84 Å². The van der Waals surface area contributed by atoms with Crippen LogP contribution in [-0.4, -0.2) is 34.9 Å². The molecule has 0 aliphatic rings. The molecule has 0 spiro atoms. The summed E-state index contributed by atoms with van der Waals surface area (Å²) < 4.78 is 19.1. The smallest absolute Gasteiger partial charge is 0.335 e. The third kappa shape index (κ3) is 5.48.